The molecule has 0 saturated heterocycles. The van der Waals surface area contributed by atoms with E-state index >= 15 is 0 Å². The van der Waals surface area contributed by atoms with Gasteiger partial charge in [-0.3, -0.25) is 4.79 Å². The first-order valence-electron chi connectivity index (χ1n) is 10.1. The summed E-state index contributed by atoms with van der Waals surface area (Å²) in [6.45, 7) is 0. The van der Waals surface area contributed by atoms with Crippen molar-refractivity contribution in [3.8, 4) is 6.07 Å². The molecule has 0 spiro atoms. The van der Waals surface area contributed by atoms with E-state index in [9.17, 15) is 10.1 Å². The summed E-state index contributed by atoms with van der Waals surface area (Å²) < 4.78 is 5.76. The predicted molar refractivity (Wildman–Crippen MR) is 110 cm³/mol. The van der Waals surface area contributed by atoms with Crippen molar-refractivity contribution in [1.29, 1.82) is 5.26 Å². The van der Waals surface area contributed by atoms with Crippen LogP contribution in [0.15, 0.2) is 9.64 Å². The van der Waals surface area contributed by atoms with Crippen molar-refractivity contribution in [1.82, 2.24) is 10.2 Å². The van der Waals surface area contributed by atoms with Crippen LogP contribution in [0.2, 0.25) is 0 Å². The van der Waals surface area contributed by atoms with Crippen LogP contribution in [0.4, 0.5) is 5.00 Å². The fourth-order valence-electron chi connectivity index (χ4n) is 4.03. The zero-order valence-corrected chi connectivity index (χ0v) is 17.5. The smallest absolute Gasteiger partial charge is 0.277 e. The van der Waals surface area contributed by atoms with Crippen molar-refractivity contribution in [3.05, 3.63) is 21.9 Å². The van der Waals surface area contributed by atoms with Gasteiger partial charge in [-0.2, -0.15) is 5.26 Å². The molecule has 2 aliphatic rings. The van der Waals surface area contributed by atoms with E-state index in [4.69, 9.17) is 4.42 Å². The number of aromatic nitrogens is 2. The summed E-state index contributed by atoms with van der Waals surface area (Å²) in [6, 6.07) is 2.30. The predicted octanol–water partition coefficient (Wildman–Crippen LogP) is 5.05. The molecule has 1 fully saturated rings. The van der Waals surface area contributed by atoms with E-state index in [-0.39, 0.29) is 11.7 Å². The Morgan fingerprint density at radius 3 is 2.79 bits per heavy atom. The van der Waals surface area contributed by atoms with Crippen molar-refractivity contribution < 1.29 is 9.21 Å². The highest BCUT2D eigenvalue weighted by atomic mass is 32.2. The Morgan fingerprint density at radius 1 is 1.18 bits per heavy atom. The second-order valence-electron chi connectivity index (χ2n) is 7.46. The highest BCUT2D eigenvalue weighted by Crippen LogP contribution is 2.37. The number of nitrogens with one attached hydrogen (secondary N) is 1. The number of thiophene rings is 1. The molecule has 8 heteroatoms. The Balaban J connectivity index is 1.35. The van der Waals surface area contributed by atoms with Crippen LogP contribution in [0.3, 0.4) is 0 Å². The zero-order chi connectivity index (χ0) is 19.3. The minimum absolute atomic E-state index is 0.143. The summed E-state index contributed by atoms with van der Waals surface area (Å²) in [4.78, 5) is 13.7. The number of thioether (sulfide) groups is 1. The molecule has 2 aliphatic carbocycles. The number of hydrogen-bond acceptors (Lipinski definition) is 7. The zero-order valence-electron chi connectivity index (χ0n) is 15.8. The van der Waals surface area contributed by atoms with Crippen molar-refractivity contribution >= 4 is 34.0 Å². The average Bonchev–Trinajstić information content (AvgIpc) is 3.25. The lowest BCUT2D eigenvalue weighted by Crippen LogP contribution is -2.14. The topological polar surface area (TPSA) is 91.8 Å². The van der Waals surface area contributed by atoms with E-state index < -0.39 is 0 Å². The van der Waals surface area contributed by atoms with Crippen LogP contribution < -0.4 is 5.32 Å². The molecule has 0 aromatic carbocycles. The molecule has 0 atom stereocenters. The molecule has 1 N–H and O–H groups in total. The summed E-state index contributed by atoms with van der Waals surface area (Å²) in [5.41, 5.74) is 1.79. The van der Waals surface area contributed by atoms with Crippen molar-refractivity contribution in [2.24, 2.45) is 0 Å². The van der Waals surface area contributed by atoms with Crippen LogP contribution in [0.1, 0.15) is 79.2 Å². The molecule has 0 radical (unpaired) electrons. The summed E-state index contributed by atoms with van der Waals surface area (Å²) in [5, 5.41) is 21.9. The number of rotatable bonds is 5. The van der Waals surface area contributed by atoms with Gasteiger partial charge in [0.2, 0.25) is 11.8 Å². The Morgan fingerprint density at radius 2 is 1.96 bits per heavy atom. The lowest BCUT2D eigenvalue weighted by atomic mass is 9.89. The average molecular weight is 417 g/mol. The molecule has 2 aromatic heterocycles. The molecule has 0 unspecified atom stereocenters. The highest BCUT2D eigenvalue weighted by Gasteiger charge is 2.23. The van der Waals surface area contributed by atoms with Gasteiger partial charge in [-0.1, -0.05) is 37.4 Å². The SMILES string of the molecule is N#Cc1c(NC(=O)CSc2nnc(C3CCCCC3)o2)sc2c1CCCCC2. The molecular formula is C20H24N4O2S2. The quantitative estimate of drug-likeness (QED) is 0.542. The Kier molecular flexibility index (Phi) is 6.33. The molecule has 2 heterocycles. The van der Waals surface area contributed by atoms with Crippen LogP contribution in [0.5, 0.6) is 0 Å². The van der Waals surface area contributed by atoms with Crippen LogP contribution in [-0.4, -0.2) is 21.9 Å². The van der Waals surface area contributed by atoms with E-state index in [1.54, 1.807) is 11.3 Å². The molecule has 4 rings (SSSR count). The largest absolute Gasteiger partial charge is 0.416 e. The number of amides is 1. The van der Waals surface area contributed by atoms with Crippen molar-refractivity contribution in [2.75, 3.05) is 11.1 Å². The number of carbonyl (C=O) groups excluding carboxylic acids is 1. The van der Waals surface area contributed by atoms with Crippen LogP contribution >= 0.6 is 23.1 Å². The van der Waals surface area contributed by atoms with Gasteiger partial charge >= 0.3 is 0 Å². The van der Waals surface area contributed by atoms with Gasteiger partial charge in [0, 0.05) is 10.8 Å². The second kappa shape index (κ2) is 9.10. The van der Waals surface area contributed by atoms with Gasteiger partial charge in [-0.15, -0.1) is 21.5 Å². The van der Waals surface area contributed by atoms with Gasteiger partial charge in [0.15, 0.2) is 0 Å². The first kappa shape index (κ1) is 19.5. The van der Waals surface area contributed by atoms with Crippen LogP contribution in [0, 0.1) is 11.3 Å². The number of hydrogen-bond donors (Lipinski definition) is 1. The number of nitrogens with zero attached hydrogens (tertiary/aromatic N) is 3. The standard InChI is InChI=1S/C20H24N4O2S2/c21-11-15-14-9-5-2-6-10-16(14)28-19(15)22-17(25)12-27-20-24-23-18(26-20)13-7-3-1-4-8-13/h13H,1-10,12H2,(H,22,25). The van der Waals surface area contributed by atoms with E-state index in [1.807, 2.05) is 0 Å². The first-order chi connectivity index (χ1) is 13.7. The molecular weight excluding hydrogens is 392 g/mol. The van der Waals surface area contributed by atoms with Gasteiger partial charge in [0.25, 0.3) is 5.22 Å². The van der Waals surface area contributed by atoms with E-state index in [0.29, 0.717) is 27.6 Å². The lowest BCUT2D eigenvalue weighted by Gasteiger charge is -2.17. The third kappa shape index (κ3) is 4.41. The summed E-state index contributed by atoms with van der Waals surface area (Å²) in [5.74, 6) is 1.12. The first-order valence-corrected chi connectivity index (χ1v) is 11.9. The van der Waals surface area contributed by atoms with Gasteiger partial charge in [-0.25, -0.2) is 0 Å². The summed E-state index contributed by atoms with van der Waals surface area (Å²) in [7, 11) is 0. The molecule has 0 bridgehead atoms. The molecule has 28 heavy (non-hydrogen) atoms. The third-order valence-electron chi connectivity index (χ3n) is 5.49. The highest BCUT2D eigenvalue weighted by molar-refractivity contribution is 7.99. The van der Waals surface area contributed by atoms with E-state index in [2.05, 4.69) is 21.6 Å². The number of anilines is 1. The maximum Gasteiger partial charge on any atom is 0.277 e. The monoisotopic (exact) mass is 416 g/mol. The maximum atomic E-state index is 12.4. The van der Waals surface area contributed by atoms with Crippen LogP contribution in [-0.2, 0) is 17.6 Å². The van der Waals surface area contributed by atoms with Gasteiger partial charge < -0.3 is 9.73 Å². The Bertz CT molecular complexity index is 877. The number of aryl methyl sites for hydroxylation is 1. The second-order valence-corrected chi connectivity index (χ2v) is 9.49. The molecule has 0 aliphatic heterocycles. The normalized spacial score (nSPS) is 17.5. The van der Waals surface area contributed by atoms with Crippen molar-refractivity contribution in [3.63, 3.8) is 0 Å². The van der Waals surface area contributed by atoms with E-state index in [0.717, 1.165) is 44.1 Å². The molecule has 6 nitrogen and oxygen atoms in total. The van der Waals surface area contributed by atoms with Crippen LogP contribution in [0.25, 0.3) is 0 Å². The van der Waals surface area contributed by atoms with Crippen molar-refractivity contribution in [2.45, 2.75) is 75.3 Å². The fourth-order valence-corrected chi connectivity index (χ4v) is 5.86. The summed E-state index contributed by atoms with van der Waals surface area (Å²) >= 11 is 2.81. The molecule has 148 valence electrons. The molecule has 1 saturated carbocycles. The Hall–Kier alpha value is -1.85. The summed E-state index contributed by atoms with van der Waals surface area (Å²) in [6.07, 6.45) is 11.3. The number of fused-ring (bicyclic) bond motifs is 1. The van der Waals surface area contributed by atoms with E-state index in [1.165, 1.54) is 42.3 Å². The Labute approximate surface area is 173 Å². The maximum absolute atomic E-state index is 12.4. The molecule has 1 amide bonds. The number of carbonyl (C=O) groups is 1. The lowest BCUT2D eigenvalue weighted by molar-refractivity contribution is -0.113. The minimum Gasteiger partial charge on any atom is -0.416 e. The minimum atomic E-state index is -0.143. The van der Waals surface area contributed by atoms with Gasteiger partial charge in [0.05, 0.1) is 11.3 Å². The number of nitriles is 1. The van der Waals surface area contributed by atoms with Gasteiger partial charge in [0.1, 0.15) is 11.1 Å². The fraction of sp³-hybridized carbons (Fsp3) is 0.600. The van der Waals surface area contributed by atoms with Gasteiger partial charge in [-0.05, 0) is 44.1 Å². The third-order valence-corrected chi connectivity index (χ3v) is 7.51. The molecule has 2 aromatic rings.